The van der Waals surface area contributed by atoms with Gasteiger partial charge in [0.05, 0.1) is 6.04 Å². The summed E-state index contributed by atoms with van der Waals surface area (Å²) < 4.78 is 0. The highest BCUT2D eigenvalue weighted by Crippen LogP contribution is 2.11. The zero-order valence-corrected chi connectivity index (χ0v) is 20.8. The molecule has 0 spiro atoms. The third kappa shape index (κ3) is 13.0. The average molecular weight is 517 g/mol. The molecule has 0 aromatic rings. The van der Waals surface area contributed by atoms with Crippen LogP contribution in [0.4, 0.5) is 0 Å². The van der Waals surface area contributed by atoms with E-state index in [-0.39, 0.29) is 31.6 Å². The van der Waals surface area contributed by atoms with Crippen LogP contribution in [0.25, 0.3) is 0 Å². The molecule has 0 bridgehead atoms. The monoisotopic (exact) mass is 516 g/mol. The second-order valence-corrected chi connectivity index (χ2v) is 8.66. The molecule has 36 heavy (non-hydrogen) atoms. The van der Waals surface area contributed by atoms with Gasteiger partial charge in [0.25, 0.3) is 0 Å². The van der Waals surface area contributed by atoms with Gasteiger partial charge in [0.15, 0.2) is 0 Å². The summed E-state index contributed by atoms with van der Waals surface area (Å²) in [6.07, 6.45) is 0.696. The molecule has 0 aromatic carbocycles. The van der Waals surface area contributed by atoms with Crippen LogP contribution in [0.2, 0.25) is 0 Å². The molecule has 0 aliphatic rings. The Bertz CT molecular complexity index is 778. The average Bonchev–Trinajstić information content (AvgIpc) is 2.81. The van der Waals surface area contributed by atoms with Crippen molar-refractivity contribution in [3.63, 3.8) is 0 Å². The highest BCUT2D eigenvalue weighted by atomic mass is 16.4. The lowest BCUT2D eigenvalue weighted by Crippen LogP contribution is -2.58. The summed E-state index contributed by atoms with van der Waals surface area (Å²) in [5.74, 6) is -5.75. The molecule has 5 unspecified atom stereocenters. The lowest BCUT2D eigenvalue weighted by molar-refractivity contribution is -0.143. The number of amides is 4. The molecule has 0 fully saturated rings. The van der Waals surface area contributed by atoms with Gasteiger partial charge >= 0.3 is 11.9 Å². The first-order valence-corrected chi connectivity index (χ1v) is 11.9. The standard InChI is InChI=1S/C22H40N6O8/c1-3-12(2)18(28-19(32)13(24)7-9-16(25)29)21(34)26-14(6-4-5-11-23)20(33)27-15(22(35)36)8-10-17(30)31/h12-15,18H,3-11,23-24H2,1-2H3,(H2,25,29)(H,26,34)(H,27,33)(H,28,32)(H,30,31)(H,35,36). The van der Waals surface area contributed by atoms with Crippen LogP contribution in [0, 0.1) is 5.92 Å². The fraction of sp³-hybridized carbons (Fsp3) is 0.727. The van der Waals surface area contributed by atoms with Crippen molar-refractivity contribution in [1.82, 2.24) is 16.0 Å². The number of primary amides is 1. The molecular formula is C22H40N6O8. The van der Waals surface area contributed by atoms with Crippen LogP contribution < -0.4 is 33.2 Å². The lowest BCUT2D eigenvalue weighted by atomic mass is 9.96. The topological polar surface area (TPSA) is 257 Å². The van der Waals surface area contributed by atoms with Crippen molar-refractivity contribution in [3.05, 3.63) is 0 Å². The summed E-state index contributed by atoms with van der Waals surface area (Å²) >= 11 is 0. The second kappa shape index (κ2) is 17.2. The van der Waals surface area contributed by atoms with Gasteiger partial charge in [-0.1, -0.05) is 20.3 Å². The minimum absolute atomic E-state index is 0.00689. The van der Waals surface area contributed by atoms with Crippen molar-refractivity contribution in [1.29, 1.82) is 0 Å². The SMILES string of the molecule is CCC(C)C(NC(=O)C(N)CCC(N)=O)C(=O)NC(CCCCN)C(=O)NC(CCC(=O)O)C(=O)O. The Balaban J connectivity index is 5.55. The zero-order chi connectivity index (χ0) is 27.8. The fourth-order valence-corrected chi connectivity index (χ4v) is 3.21. The van der Waals surface area contributed by atoms with Crippen LogP contribution in [-0.4, -0.2) is 76.5 Å². The van der Waals surface area contributed by atoms with Crippen LogP contribution >= 0.6 is 0 Å². The first-order chi connectivity index (χ1) is 16.8. The van der Waals surface area contributed by atoms with Crippen LogP contribution in [-0.2, 0) is 28.8 Å². The number of carbonyl (C=O) groups is 6. The molecule has 0 saturated heterocycles. The number of hydrogen-bond donors (Lipinski definition) is 8. The number of aliphatic carboxylic acids is 2. The number of carboxylic acids is 2. The quantitative estimate of drug-likeness (QED) is 0.0889. The normalized spacial score (nSPS) is 15.0. The molecule has 14 heteroatoms. The Morgan fingerprint density at radius 2 is 1.42 bits per heavy atom. The van der Waals surface area contributed by atoms with Crippen LogP contribution in [0.1, 0.15) is 65.2 Å². The van der Waals surface area contributed by atoms with Gasteiger partial charge in [0.2, 0.25) is 23.6 Å². The van der Waals surface area contributed by atoms with E-state index in [1.165, 1.54) is 0 Å². The van der Waals surface area contributed by atoms with Gasteiger partial charge in [0.1, 0.15) is 18.1 Å². The molecule has 5 atom stereocenters. The smallest absolute Gasteiger partial charge is 0.326 e. The van der Waals surface area contributed by atoms with Gasteiger partial charge in [-0.15, -0.1) is 0 Å². The van der Waals surface area contributed by atoms with Crippen molar-refractivity contribution < 1.29 is 39.0 Å². The van der Waals surface area contributed by atoms with Crippen molar-refractivity contribution in [2.24, 2.45) is 23.1 Å². The van der Waals surface area contributed by atoms with Gasteiger partial charge in [-0.05, 0) is 44.6 Å². The van der Waals surface area contributed by atoms with Crippen molar-refractivity contribution in [2.45, 2.75) is 89.4 Å². The summed E-state index contributed by atoms with van der Waals surface area (Å²) in [4.78, 5) is 71.7. The molecule has 4 amide bonds. The van der Waals surface area contributed by atoms with Crippen LogP contribution in [0.5, 0.6) is 0 Å². The van der Waals surface area contributed by atoms with Gasteiger partial charge in [0, 0.05) is 12.8 Å². The maximum atomic E-state index is 13.1. The van der Waals surface area contributed by atoms with E-state index < -0.39 is 66.2 Å². The summed E-state index contributed by atoms with van der Waals surface area (Å²) in [6, 6.07) is -4.75. The van der Waals surface area contributed by atoms with Crippen LogP contribution in [0.15, 0.2) is 0 Å². The molecule has 11 N–H and O–H groups in total. The number of hydrogen-bond acceptors (Lipinski definition) is 8. The van der Waals surface area contributed by atoms with Gasteiger partial charge in [-0.25, -0.2) is 4.79 Å². The number of nitrogens with one attached hydrogen (secondary N) is 3. The van der Waals surface area contributed by atoms with Crippen molar-refractivity contribution in [2.75, 3.05) is 6.54 Å². The molecule has 14 nitrogen and oxygen atoms in total. The Morgan fingerprint density at radius 1 is 0.806 bits per heavy atom. The fourth-order valence-electron chi connectivity index (χ4n) is 3.21. The van der Waals surface area contributed by atoms with Crippen molar-refractivity contribution in [3.8, 4) is 0 Å². The first-order valence-electron chi connectivity index (χ1n) is 11.9. The predicted octanol–water partition coefficient (Wildman–Crippen LogP) is -1.84. The molecule has 0 aliphatic heterocycles. The largest absolute Gasteiger partial charge is 0.481 e. The Kier molecular flexibility index (Phi) is 15.7. The van der Waals surface area contributed by atoms with E-state index in [0.29, 0.717) is 25.8 Å². The second-order valence-electron chi connectivity index (χ2n) is 8.66. The van der Waals surface area contributed by atoms with Gasteiger partial charge < -0.3 is 43.4 Å². The zero-order valence-electron chi connectivity index (χ0n) is 20.8. The first kappa shape index (κ1) is 32.7. The molecule has 0 saturated carbocycles. The van der Waals surface area contributed by atoms with E-state index in [4.69, 9.17) is 22.3 Å². The van der Waals surface area contributed by atoms with E-state index in [9.17, 15) is 33.9 Å². The molecule has 0 radical (unpaired) electrons. The molecule has 0 aromatic heterocycles. The molecule has 0 rings (SSSR count). The lowest BCUT2D eigenvalue weighted by Gasteiger charge is -2.28. The summed E-state index contributed by atoms with van der Waals surface area (Å²) in [5.41, 5.74) is 16.4. The van der Waals surface area contributed by atoms with Crippen LogP contribution in [0.3, 0.4) is 0 Å². The number of carbonyl (C=O) groups excluding carboxylic acids is 4. The van der Waals surface area contributed by atoms with E-state index in [1.54, 1.807) is 13.8 Å². The number of nitrogens with two attached hydrogens (primary N) is 3. The third-order valence-electron chi connectivity index (χ3n) is 5.67. The van der Waals surface area contributed by atoms with E-state index >= 15 is 0 Å². The highest BCUT2D eigenvalue weighted by Gasteiger charge is 2.32. The predicted molar refractivity (Wildman–Crippen MR) is 129 cm³/mol. The molecule has 0 aliphatic carbocycles. The Morgan fingerprint density at radius 3 is 1.92 bits per heavy atom. The maximum absolute atomic E-state index is 13.1. The maximum Gasteiger partial charge on any atom is 0.326 e. The summed E-state index contributed by atoms with van der Waals surface area (Å²) in [5, 5.41) is 25.5. The third-order valence-corrected chi connectivity index (χ3v) is 5.67. The summed E-state index contributed by atoms with van der Waals surface area (Å²) in [6.45, 7) is 3.86. The van der Waals surface area contributed by atoms with E-state index in [2.05, 4.69) is 16.0 Å². The Labute approximate surface area is 210 Å². The number of carboxylic acid groups (broad SMARTS) is 2. The Hall–Kier alpha value is -3.26. The molecule has 206 valence electrons. The van der Waals surface area contributed by atoms with E-state index in [1.807, 2.05) is 0 Å². The number of unbranched alkanes of at least 4 members (excludes halogenated alkanes) is 1. The van der Waals surface area contributed by atoms with Gasteiger partial charge in [-0.2, -0.15) is 0 Å². The molecule has 0 heterocycles. The molecular weight excluding hydrogens is 476 g/mol. The van der Waals surface area contributed by atoms with Crippen molar-refractivity contribution >= 4 is 35.6 Å². The highest BCUT2D eigenvalue weighted by molar-refractivity contribution is 5.94. The minimum Gasteiger partial charge on any atom is -0.481 e. The summed E-state index contributed by atoms with van der Waals surface area (Å²) in [7, 11) is 0. The number of rotatable bonds is 19. The van der Waals surface area contributed by atoms with E-state index in [0.717, 1.165) is 0 Å². The van der Waals surface area contributed by atoms with Gasteiger partial charge in [-0.3, -0.25) is 24.0 Å². The minimum atomic E-state index is -1.46.